The highest BCUT2D eigenvalue weighted by Gasteiger charge is 2.33. The molecule has 1 N–H and O–H groups in total. The highest BCUT2D eigenvalue weighted by Crippen LogP contribution is 2.17. The van der Waals surface area contributed by atoms with E-state index in [1.54, 1.807) is 19.0 Å². The summed E-state index contributed by atoms with van der Waals surface area (Å²) in [7, 11) is 3.33. The van der Waals surface area contributed by atoms with Crippen LogP contribution >= 0.6 is 0 Å². The van der Waals surface area contributed by atoms with Gasteiger partial charge in [0.25, 0.3) is 0 Å². The highest BCUT2D eigenvalue weighted by molar-refractivity contribution is 5.81. The van der Waals surface area contributed by atoms with Crippen molar-refractivity contribution in [1.29, 1.82) is 0 Å². The molecule has 4 heteroatoms. The Labute approximate surface area is 65.6 Å². The van der Waals surface area contributed by atoms with Gasteiger partial charge < -0.3 is 5.32 Å². The molecule has 64 valence electrons. The van der Waals surface area contributed by atoms with Crippen LogP contribution in [0.5, 0.6) is 0 Å². The molecule has 0 aromatic rings. The molecule has 0 radical (unpaired) electrons. The average Bonchev–Trinajstić information content (AvgIpc) is 2.28. The molecule has 0 saturated carbocycles. The molecule has 1 amide bonds. The number of rotatable bonds is 1. The zero-order valence-electron chi connectivity index (χ0n) is 6.80. The zero-order chi connectivity index (χ0) is 8.43. The molecule has 1 saturated heterocycles. The maximum atomic E-state index is 12.7. The van der Waals surface area contributed by atoms with Crippen molar-refractivity contribution in [3.05, 3.63) is 0 Å². The molecule has 0 unspecified atom stereocenters. The lowest BCUT2D eigenvalue weighted by Crippen LogP contribution is -2.39. The van der Waals surface area contributed by atoms with Crippen LogP contribution in [0.2, 0.25) is 0 Å². The topological polar surface area (TPSA) is 32.3 Å². The van der Waals surface area contributed by atoms with Gasteiger partial charge in [0.15, 0.2) is 0 Å². The summed E-state index contributed by atoms with van der Waals surface area (Å²) in [4.78, 5) is 12.8. The molecule has 0 spiro atoms. The van der Waals surface area contributed by atoms with E-state index >= 15 is 0 Å². The normalized spacial score (nSPS) is 32.3. The molecular formula is C7H13FN2O. The van der Waals surface area contributed by atoms with Gasteiger partial charge in [-0.2, -0.15) is 0 Å². The van der Waals surface area contributed by atoms with Gasteiger partial charge in [0.05, 0.1) is 6.04 Å². The van der Waals surface area contributed by atoms with Crippen LogP contribution < -0.4 is 5.32 Å². The monoisotopic (exact) mass is 160 g/mol. The van der Waals surface area contributed by atoms with Crippen LogP contribution in [-0.4, -0.2) is 43.7 Å². The number of hydrogen-bond acceptors (Lipinski definition) is 2. The van der Waals surface area contributed by atoms with Crippen LogP contribution in [0.15, 0.2) is 0 Å². The van der Waals surface area contributed by atoms with Crippen molar-refractivity contribution >= 4 is 5.91 Å². The average molecular weight is 160 g/mol. The van der Waals surface area contributed by atoms with Crippen LogP contribution in [0.3, 0.4) is 0 Å². The minimum absolute atomic E-state index is 0.0901. The largest absolute Gasteiger partial charge is 0.358 e. The molecule has 0 aliphatic carbocycles. The van der Waals surface area contributed by atoms with E-state index in [0.717, 1.165) is 0 Å². The van der Waals surface area contributed by atoms with Gasteiger partial charge in [0, 0.05) is 20.0 Å². The summed E-state index contributed by atoms with van der Waals surface area (Å²) in [6.07, 6.45) is -0.516. The van der Waals surface area contributed by atoms with Crippen LogP contribution in [0.1, 0.15) is 6.42 Å². The van der Waals surface area contributed by atoms with E-state index in [1.165, 1.54) is 0 Å². The first-order valence-corrected chi connectivity index (χ1v) is 3.71. The van der Waals surface area contributed by atoms with Gasteiger partial charge in [-0.05, 0) is 7.05 Å². The summed E-state index contributed by atoms with van der Waals surface area (Å²) in [5.41, 5.74) is 0. The van der Waals surface area contributed by atoms with Crippen molar-refractivity contribution in [2.75, 3.05) is 20.6 Å². The summed E-state index contributed by atoms with van der Waals surface area (Å²) < 4.78 is 12.7. The second kappa shape index (κ2) is 3.17. The number of likely N-dealkylation sites (tertiary alicyclic amines) is 1. The van der Waals surface area contributed by atoms with Crippen LogP contribution in [0.25, 0.3) is 0 Å². The van der Waals surface area contributed by atoms with Crippen molar-refractivity contribution < 1.29 is 9.18 Å². The SMILES string of the molecule is CNC(=O)[C@H]1C[C@H](F)CN1C. The smallest absolute Gasteiger partial charge is 0.237 e. The predicted octanol–water partition coefficient (Wildman–Crippen LogP) is -0.225. The second-order valence-electron chi connectivity index (χ2n) is 2.90. The van der Waals surface area contributed by atoms with Gasteiger partial charge >= 0.3 is 0 Å². The van der Waals surface area contributed by atoms with E-state index in [9.17, 15) is 9.18 Å². The molecule has 1 rings (SSSR count). The standard InChI is InChI=1S/C7H13FN2O/c1-9-7(11)6-3-5(8)4-10(6)2/h5-6H,3-4H2,1-2H3,(H,9,11)/t5-,6+/m0/s1. The second-order valence-corrected chi connectivity index (χ2v) is 2.90. The molecule has 0 aromatic heterocycles. The van der Waals surface area contributed by atoms with Crippen molar-refractivity contribution in [3.63, 3.8) is 0 Å². The molecule has 0 bridgehead atoms. The number of halogens is 1. The number of carbonyl (C=O) groups excluding carboxylic acids is 1. The number of carbonyl (C=O) groups is 1. The van der Waals surface area contributed by atoms with E-state index in [0.29, 0.717) is 13.0 Å². The number of amides is 1. The van der Waals surface area contributed by atoms with Gasteiger partial charge in [-0.25, -0.2) is 4.39 Å². The predicted molar refractivity (Wildman–Crippen MR) is 40.0 cm³/mol. The zero-order valence-corrected chi connectivity index (χ0v) is 6.80. The summed E-state index contributed by atoms with van der Waals surface area (Å²) in [6.45, 7) is 0.373. The van der Waals surface area contributed by atoms with Crippen LogP contribution in [0, 0.1) is 0 Å². The Kier molecular flexibility index (Phi) is 2.44. The van der Waals surface area contributed by atoms with Crippen molar-refractivity contribution in [3.8, 4) is 0 Å². The third-order valence-electron chi connectivity index (χ3n) is 2.05. The fourth-order valence-corrected chi connectivity index (χ4v) is 1.41. The Balaban J connectivity index is 2.52. The summed E-state index contributed by atoms with van der Waals surface area (Å²) in [6, 6.07) is -0.269. The van der Waals surface area contributed by atoms with Gasteiger partial charge in [0.1, 0.15) is 6.17 Å². The minimum atomic E-state index is -0.845. The van der Waals surface area contributed by atoms with Gasteiger partial charge in [-0.3, -0.25) is 9.69 Å². The van der Waals surface area contributed by atoms with Gasteiger partial charge in [-0.15, -0.1) is 0 Å². The van der Waals surface area contributed by atoms with E-state index in [2.05, 4.69) is 5.32 Å². The Bertz CT molecular complexity index is 163. The molecule has 0 aromatic carbocycles. The van der Waals surface area contributed by atoms with E-state index < -0.39 is 6.17 Å². The first kappa shape index (κ1) is 8.46. The Morgan fingerprint density at radius 2 is 2.36 bits per heavy atom. The maximum Gasteiger partial charge on any atom is 0.237 e. The number of likely N-dealkylation sites (N-methyl/N-ethyl adjacent to an activating group) is 2. The lowest BCUT2D eigenvalue weighted by atomic mass is 10.2. The molecule has 1 fully saturated rings. The first-order chi connectivity index (χ1) is 5.15. The quantitative estimate of drug-likeness (QED) is 0.575. The van der Waals surface area contributed by atoms with E-state index in [1.807, 2.05) is 0 Å². The maximum absolute atomic E-state index is 12.7. The molecular weight excluding hydrogens is 147 g/mol. The Morgan fingerprint density at radius 1 is 1.73 bits per heavy atom. The first-order valence-electron chi connectivity index (χ1n) is 3.71. The van der Waals surface area contributed by atoms with Gasteiger partial charge in [0.2, 0.25) is 5.91 Å². The van der Waals surface area contributed by atoms with Crippen molar-refractivity contribution in [1.82, 2.24) is 10.2 Å². The summed E-state index contributed by atoms with van der Waals surface area (Å²) in [5.74, 6) is -0.0901. The summed E-state index contributed by atoms with van der Waals surface area (Å²) in [5, 5.41) is 2.51. The molecule has 11 heavy (non-hydrogen) atoms. The van der Waals surface area contributed by atoms with E-state index in [4.69, 9.17) is 0 Å². The molecule has 1 aliphatic rings. The summed E-state index contributed by atoms with van der Waals surface area (Å²) >= 11 is 0. The number of nitrogens with zero attached hydrogens (tertiary/aromatic N) is 1. The number of nitrogens with one attached hydrogen (secondary N) is 1. The van der Waals surface area contributed by atoms with Crippen molar-refractivity contribution in [2.45, 2.75) is 18.6 Å². The minimum Gasteiger partial charge on any atom is -0.358 e. The van der Waals surface area contributed by atoms with Gasteiger partial charge in [-0.1, -0.05) is 0 Å². The number of hydrogen-bond donors (Lipinski definition) is 1. The molecule has 1 heterocycles. The molecule has 3 nitrogen and oxygen atoms in total. The third kappa shape index (κ3) is 1.68. The lowest BCUT2D eigenvalue weighted by Gasteiger charge is -2.16. The molecule has 1 aliphatic heterocycles. The molecule has 2 atom stereocenters. The van der Waals surface area contributed by atoms with Crippen LogP contribution in [0.4, 0.5) is 4.39 Å². The highest BCUT2D eigenvalue weighted by atomic mass is 19.1. The Morgan fingerprint density at radius 3 is 2.73 bits per heavy atom. The van der Waals surface area contributed by atoms with Crippen LogP contribution in [-0.2, 0) is 4.79 Å². The fourth-order valence-electron chi connectivity index (χ4n) is 1.41. The Hall–Kier alpha value is -0.640. The fraction of sp³-hybridized carbons (Fsp3) is 0.857. The van der Waals surface area contributed by atoms with Crippen molar-refractivity contribution in [2.24, 2.45) is 0 Å². The lowest BCUT2D eigenvalue weighted by molar-refractivity contribution is -0.124. The number of alkyl halides is 1. The van der Waals surface area contributed by atoms with E-state index in [-0.39, 0.29) is 11.9 Å². The third-order valence-corrected chi connectivity index (χ3v) is 2.05.